The summed E-state index contributed by atoms with van der Waals surface area (Å²) in [7, 11) is 0. The van der Waals surface area contributed by atoms with E-state index in [4.69, 9.17) is 15.2 Å². The lowest BCUT2D eigenvalue weighted by Gasteiger charge is -2.26. The second-order valence-electron chi connectivity index (χ2n) is 4.20. The fraction of sp³-hybridized carbons (Fsp3) is 0.917. The summed E-state index contributed by atoms with van der Waals surface area (Å²) in [6.45, 7) is 9.72. The van der Waals surface area contributed by atoms with E-state index in [0.717, 1.165) is 65.6 Å². The molecule has 1 fully saturated rings. The SMILES string of the molecule is CCOCCCN=C(N)NCCN1CCOCC1.I. The zero-order valence-electron chi connectivity index (χ0n) is 11.8. The maximum atomic E-state index is 5.76. The molecule has 0 radical (unpaired) electrons. The Balaban J connectivity index is 0.00000324. The van der Waals surface area contributed by atoms with Crippen LogP contribution in [0.5, 0.6) is 0 Å². The lowest BCUT2D eigenvalue weighted by atomic mass is 10.4. The van der Waals surface area contributed by atoms with Crippen LogP contribution >= 0.6 is 24.0 Å². The molecule has 0 atom stereocenters. The third-order valence-electron chi connectivity index (χ3n) is 2.77. The van der Waals surface area contributed by atoms with Crippen LogP contribution in [0.1, 0.15) is 13.3 Å². The van der Waals surface area contributed by atoms with Gasteiger partial charge in [-0.3, -0.25) is 9.89 Å². The van der Waals surface area contributed by atoms with E-state index in [0.29, 0.717) is 5.96 Å². The predicted molar refractivity (Wildman–Crippen MR) is 88.3 cm³/mol. The molecular formula is C12H27IN4O2. The Morgan fingerprint density at radius 3 is 2.84 bits per heavy atom. The van der Waals surface area contributed by atoms with Crippen molar-refractivity contribution in [2.24, 2.45) is 10.7 Å². The highest BCUT2D eigenvalue weighted by atomic mass is 127. The number of hydrogen-bond donors (Lipinski definition) is 2. The number of nitrogens with one attached hydrogen (secondary N) is 1. The van der Waals surface area contributed by atoms with Gasteiger partial charge in [0.1, 0.15) is 0 Å². The third-order valence-corrected chi connectivity index (χ3v) is 2.77. The first-order valence-corrected chi connectivity index (χ1v) is 6.74. The molecule has 6 nitrogen and oxygen atoms in total. The van der Waals surface area contributed by atoms with Gasteiger partial charge in [-0.1, -0.05) is 0 Å². The fourth-order valence-corrected chi connectivity index (χ4v) is 1.73. The van der Waals surface area contributed by atoms with Crippen molar-refractivity contribution in [1.82, 2.24) is 10.2 Å². The number of guanidine groups is 1. The van der Waals surface area contributed by atoms with Crippen LogP contribution in [0.2, 0.25) is 0 Å². The van der Waals surface area contributed by atoms with Crippen molar-refractivity contribution in [3.8, 4) is 0 Å². The third kappa shape index (κ3) is 10.3. The van der Waals surface area contributed by atoms with E-state index in [2.05, 4.69) is 15.2 Å². The summed E-state index contributed by atoms with van der Waals surface area (Å²) in [5.74, 6) is 0.528. The second-order valence-corrected chi connectivity index (χ2v) is 4.20. The summed E-state index contributed by atoms with van der Waals surface area (Å²) in [5.41, 5.74) is 5.76. The van der Waals surface area contributed by atoms with E-state index in [1.54, 1.807) is 0 Å². The molecule has 1 aliphatic rings. The maximum Gasteiger partial charge on any atom is 0.188 e. The molecule has 0 spiro atoms. The van der Waals surface area contributed by atoms with Crippen LogP contribution in [0.15, 0.2) is 4.99 Å². The van der Waals surface area contributed by atoms with Gasteiger partial charge >= 0.3 is 0 Å². The van der Waals surface area contributed by atoms with Gasteiger partial charge in [0.05, 0.1) is 13.2 Å². The minimum Gasteiger partial charge on any atom is -0.382 e. The Bertz CT molecular complexity index is 236. The van der Waals surface area contributed by atoms with Crippen molar-refractivity contribution in [3.63, 3.8) is 0 Å². The van der Waals surface area contributed by atoms with Crippen molar-refractivity contribution in [1.29, 1.82) is 0 Å². The van der Waals surface area contributed by atoms with E-state index in [1.807, 2.05) is 6.92 Å². The zero-order chi connectivity index (χ0) is 13.1. The van der Waals surface area contributed by atoms with Gasteiger partial charge in [-0.25, -0.2) is 0 Å². The van der Waals surface area contributed by atoms with E-state index < -0.39 is 0 Å². The average molecular weight is 386 g/mol. The quantitative estimate of drug-likeness (QED) is 0.271. The Kier molecular flexibility index (Phi) is 12.8. The second kappa shape index (κ2) is 12.9. The Morgan fingerprint density at radius 1 is 1.42 bits per heavy atom. The molecule has 1 heterocycles. The summed E-state index contributed by atoms with van der Waals surface area (Å²) in [4.78, 5) is 6.60. The summed E-state index contributed by atoms with van der Waals surface area (Å²) in [5, 5.41) is 3.13. The molecule has 0 aromatic carbocycles. The van der Waals surface area contributed by atoms with Gasteiger partial charge < -0.3 is 20.5 Å². The van der Waals surface area contributed by atoms with Gasteiger partial charge in [-0.2, -0.15) is 0 Å². The van der Waals surface area contributed by atoms with Crippen LogP contribution in [-0.4, -0.2) is 70.0 Å². The van der Waals surface area contributed by atoms with Gasteiger partial charge in [0.2, 0.25) is 0 Å². The standard InChI is InChI=1S/C12H26N4O2.HI/c1-2-17-9-3-4-14-12(13)15-5-6-16-7-10-18-11-8-16;/h2-11H2,1H3,(H3,13,14,15);1H. The molecule has 0 aromatic rings. The Labute approximate surface area is 133 Å². The smallest absolute Gasteiger partial charge is 0.188 e. The first-order valence-electron chi connectivity index (χ1n) is 6.74. The number of rotatable bonds is 8. The van der Waals surface area contributed by atoms with Crippen molar-refractivity contribution < 1.29 is 9.47 Å². The van der Waals surface area contributed by atoms with Gasteiger partial charge in [0.15, 0.2) is 5.96 Å². The molecule has 0 aromatic heterocycles. The number of hydrogen-bond acceptors (Lipinski definition) is 4. The highest BCUT2D eigenvalue weighted by Crippen LogP contribution is 1.94. The minimum atomic E-state index is 0. The molecule has 0 unspecified atom stereocenters. The molecule has 3 N–H and O–H groups in total. The van der Waals surface area contributed by atoms with Crippen molar-refractivity contribution >= 4 is 29.9 Å². The molecule has 114 valence electrons. The highest BCUT2D eigenvalue weighted by Gasteiger charge is 2.08. The van der Waals surface area contributed by atoms with Gasteiger partial charge in [0, 0.05) is 45.9 Å². The van der Waals surface area contributed by atoms with E-state index >= 15 is 0 Å². The number of aliphatic imine (C=N–C) groups is 1. The van der Waals surface area contributed by atoms with E-state index in [1.165, 1.54) is 0 Å². The molecule has 1 rings (SSSR count). The summed E-state index contributed by atoms with van der Waals surface area (Å²) < 4.78 is 10.5. The lowest BCUT2D eigenvalue weighted by Crippen LogP contribution is -2.43. The number of nitrogens with zero attached hydrogens (tertiary/aromatic N) is 2. The fourth-order valence-electron chi connectivity index (χ4n) is 1.73. The first-order chi connectivity index (χ1) is 8.83. The highest BCUT2D eigenvalue weighted by molar-refractivity contribution is 14.0. The summed E-state index contributed by atoms with van der Waals surface area (Å²) >= 11 is 0. The predicted octanol–water partition coefficient (Wildman–Crippen LogP) is 0.268. The summed E-state index contributed by atoms with van der Waals surface area (Å²) in [6, 6.07) is 0. The molecule has 0 bridgehead atoms. The molecular weight excluding hydrogens is 359 g/mol. The summed E-state index contributed by atoms with van der Waals surface area (Å²) in [6.07, 6.45) is 0.916. The van der Waals surface area contributed by atoms with Crippen LogP contribution in [0.4, 0.5) is 0 Å². The lowest BCUT2D eigenvalue weighted by molar-refractivity contribution is 0.0389. The van der Waals surface area contributed by atoms with Crippen LogP contribution < -0.4 is 11.1 Å². The number of morpholine rings is 1. The number of halogens is 1. The van der Waals surface area contributed by atoms with Crippen molar-refractivity contribution in [2.75, 3.05) is 59.2 Å². The normalized spacial score (nSPS) is 17.0. The molecule has 19 heavy (non-hydrogen) atoms. The first kappa shape index (κ1) is 18.9. The van der Waals surface area contributed by atoms with Crippen molar-refractivity contribution in [2.45, 2.75) is 13.3 Å². The Morgan fingerprint density at radius 2 is 2.16 bits per heavy atom. The molecule has 0 amide bonds. The van der Waals surface area contributed by atoms with Gasteiger partial charge in [0.25, 0.3) is 0 Å². The molecule has 7 heteroatoms. The minimum absolute atomic E-state index is 0. The monoisotopic (exact) mass is 386 g/mol. The number of nitrogens with two attached hydrogens (primary N) is 1. The number of ether oxygens (including phenoxy) is 2. The topological polar surface area (TPSA) is 72.1 Å². The zero-order valence-corrected chi connectivity index (χ0v) is 14.1. The van der Waals surface area contributed by atoms with Gasteiger partial charge in [-0.05, 0) is 13.3 Å². The Hall–Kier alpha value is -0.120. The van der Waals surface area contributed by atoms with Crippen LogP contribution in [0, 0.1) is 0 Å². The van der Waals surface area contributed by atoms with Crippen LogP contribution in [0.3, 0.4) is 0 Å². The molecule has 0 saturated carbocycles. The van der Waals surface area contributed by atoms with Gasteiger partial charge in [-0.15, -0.1) is 24.0 Å². The largest absolute Gasteiger partial charge is 0.382 e. The molecule has 1 aliphatic heterocycles. The van der Waals surface area contributed by atoms with E-state index in [9.17, 15) is 0 Å². The van der Waals surface area contributed by atoms with E-state index in [-0.39, 0.29) is 24.0 Å². The van der Waals surface area contributed by atoms with Crippen LogP contribution in [0.25, 0.3) is 0 Å². The van der Waals surface area contributed by atoms with Crippen molar-refractivity contribution in [3.05, 3.63) is 0 Å². The molecule has 0 aliphatic carbocycles. The molecule has 1 saturated heterocycles. The van der Waals surface area contributed by atoms with Crippen LogP contribution in [-0.2, 0) is 9.47 Å². The average Bonchev–Trinajstić information content (AvgIpc) is 2.40. The maximum absolute atomic E-state index is 5.76.